The third-order valence-electron chi connectivity index (χ3n) is 2.14. The molecule has 0 saturated carbocycles. The molecule has 102 valence electrons. The summed E-state index contributed by atoms with van der Waals surface area (Å²) in [6.07, 6.45) is 1.28. The van der Waals surface area contributed by atoms with E-state index < -0.39 is 0 Å². The van der Waals surface area contributed by atoms with Crippen LogP contribution >= 0.6 is 15.9 Å². The van der Waals surface area contributed by atoms with Crippen LogP contribution in [0.5, 0.6) is 0 Å². The summed E-state index contributed by atoms with van der Waals surface area (Å²) in [7, 11) is 0. The molecule has 0 bridgehead atoms. The van der Waals surface area contributed by atoms with E-state index in [2.05, 4.69) is 61.5 Å². The molecule has 0 N–H and O–H groups in total. The van der Waals surface area contributed by atoms with Crippen LogP contribution < -0.4 is 0 Å². The van der Waals surface area contributed by atoms with Gasteiger partial charge in [-0.2, -0.15) is 0 Å². The molecule has 0 spiro atoms. The van der Waals surface area contributed by atoms with Crippen molar-refractivity contribution >= 4 is 21.7 Å². The third kappa shape index (κ3) is 9.17. The summed E-state index contributed by atoms with van der Waals surface area (Å²) in [6.45, 7) is 15.3. The van der Waals surface area contributed by atoms with Crippen LogP contribution in [0, 0.1) is 6.92 Å². The average molecular weight is 313 g/mol. The molecule has 1 aromatic carbocycles. The quantitative estimate of drug-likeness (QED) is 0.643. The molecule has 0 fully saturated rings. The number of allylic oxidation sites excluding steroid dienone is 1. The number of carbonyl (C=O) groups is 1. The van der Waals surface area contributed by atoms with Gasteiger partial charge in [0, 0.05) is 4.47 Å². The monoisotopic (exact) mass is 312 g/mol. The van der Waals surface area contributed by atoms with E-state index in [1.54, 1.807) is 0 Å². The Balaban J connectivity index is 0. The van der Waals surface area contributed by atoms with Crippen LogP contribution in [0.25, 0.3) is 0 Å². The number of carbonyl (C=O) groups excluding carboxylic acids is 1. The van der Waals surface area contributed by atoms with Crippen molar-refractivity contribution in [3.8, 4) is 0 Å². The Bertz CT molecular complexity index is 367. The van der Waals surface area contributed by atoms with E-state index in [0.717, 1.165) is 0 Å². The predicted octanol–water partition coefficient (Wildman–Crippen LogP) is 5.67. The number of benzene rings is 1. The Kier molecular flexibility index (Phi) is 12.1. The van der Waals surface area contributed by atoms with Crippen molar-refractivity contribution in [2.24, 2.45) is 0 Å². The topological polar surface area (TPSA) is 17.1 Å². The zero-order chi connectivity index (χ0) is 14.7. The zero-order valence-corrected chi connectivity index (χ0v) is 14.0. The van der Waals surface area contributed by atoms with Crippen molar-refractivity contribution < 1.29 is 4.79 Å². The van der Waals surface area contributed by atoms with Gasteiger partial charge in [-0.25, -0.2) is 0 Å². The first-order valence-corrected chi connectivity index (χ1v) is 7.06. The van der Waals surface area contributed by atoms with Crippen LogP contribution in [0.3, 0.4) is 0 Å². The molecule has 0 amide bonds. The zero-order valence-electron chi connectivity index (χ0n) is 12.4. The normalized spacial score (nSPS) is 8.67. The minimum atomic E-state index is 0.0185. The molecule has 0 aliphatic rings. The molecule has 0 aromatic heterocycles. The summed E-state index contributed by atoms with van der Waals surface area (Å²) in [5.41, 5.74) is 2.81. The Labute approximate surface area is 120 Å². The van der Waals surface area contributed by atoms with Crippen LogP contribution in [-0.4, -0.2) is 5.78 Å². The molecule has 0 unspecified atom stereocenters. The highest BCUT2D eigenvalue weighted by molar-refractivity contribution is 9.10. The van der Waals surface area contributed by atoms with Gasteiger partial charge in [-0.3, -0.25) is 4.79 Å². The van der Waals surface area contributed by atoms with Crippen molar-refractivity contribution in [1.29, 1.82) is 0 Å². The molecular formula is C16H25BrO. The Morgan fingerprint density at radius 3 is 2.06 bits per heavy atom. The number of rotatable bonds is 2. The molecule has 1 rings (SSSR count). The fourth-order valence-corrected chi connectivity index (χ4v) is 1.76. The van der Waals surface area contributed by atoms with Gasteiger partial charge < -0.3 is 0 Å². The van der Waals surface area contributed by atoms with E-state index in [1.807, 2.05) is 13.8 Å². The summed E-state index contributed by atoms with van der Waals surface area (Å²) in [5, 5.41) is 0. The second kappa shape index (κ2) is 11.2. The van der Waals surface area contributed by atoms with E-state index in [1.165, 1.54) is 28.6 Å². The second-order valence-electron chi connectivity index (χ2n) is 3.97. The Morgan fingerprint density at radius 2 is 1.78 bits per heavy atom. The number of halogens is 1. The maximum atomic E-state index is 9.69. The van der Waals surface area contributed by atoms with E-state index >= 15 is 0 Å². The van der Waals surface area contributed by atoms with E-state index in [9.17, 15) is 4.79 Å². The van der Waals surface area contributed by atoms with Gasteiger partial charge in [0.25, 0.3) is 0 Å². The lowest BCUT2D eigenvalue weighted by atomic mass is 9.99. The van der Waals surface area contributed by atoms with Crippen LogP contribution in [0.1, 0.15) is 51.7 Å². The predicted molar refractivity (Wildman–Crippen MR) is 85.2 cm³/mol. The fourth-order valence-electron chi connectivity index (χ4n) is 1.29. The molecule has 0 heterocycles. The summed E-state index contributed by atoms with van der Waals surface area (Å²) >= 11 is 3.45. The van der Waals surface area contributed by atoms with Crippen molar-refractivity contribution in [3.63, 3.8) is 0 Å². The molecule has 0 atom stereocenters. The lowest BCUT2D eigenvalue weighted by molar-refractivity contribution is -0.112. The molecule has 0 radical (unpaired) electrons. The van der Waals surface area contributed by atoms with Gasteiger partial charge in [-0.15, -0.1) is 0 Å². The van der Waals surface area contributed by atoms with E-state index in [4.69, 9.17) is 0 Å². The Hall–Kier alpha value is -0.890. The lowest BCUT2D eigenvalue weighted by Crippen LogP contribution is -1.90. The number of hydrogen-bond donors (Lipinski definition) is 0. The maximum absolute atomic E-state index is 9.69. The number of ketones is 1. The van der Waals surface area contributed by atoms with Crippen molar-refractivity contribution in [2.45, 2.75) is 47.5 Å². The average Bonchev–Trinajstić information content (AvgIpc) is 2.31. The molecular weight excluding hydrogens is 288 g/mol. The highest BCUT2D eigenvalue weighted by atomic mass is 79.9. The van der Waals surface area contributed by atoms with Gasteiger partial charge in [0.1, 0.15) is 0 Å². The summed E-state index contributed by atoms with van der Waals surface area (Å²) in [5.74, 6) is 0.646. The first-order valence-electron chi connectivity index (χ1n) is 6.27. The fraction of sp³-hybridized carbons (Fsp3) is 0.438. The van der Waals surface area contributed by atoms with Gasteiger partial charge in [0.15, 0.2) is 5.78 Å². The minimum Gasteiger partial charge on any atom is -0.295 e. The SMILES string of the molecule is C=CC(C)=O.CC.Cc1cc(Br)ccc1C(C)C. The third-order valence-corrected chi connectivity index (χ3v) is 2.63. The first kappa shape index (κ1) is 19.4. The van der Waals surface area contributed by atoms with Crippen molar-refractivity contribution in [1.82, 2.24) is 0 Å². The van der Waals surface area contributed by atoms with Gasteiger partial charge in [-0.1, -0.05) is 56.3 Å². The lowest BCUT2D eigenvalue weighted by Gasteiger charge is -2.08. The summed E-state index contributed by atoms with van der Waals surface area (Å²) in [6, 6.07) is 6.45. The van der Waals surface area contributed by atoms with Crippen LogP contribution in [0.15, 0.2) is 35.3 Å². The highest BCUT2D eigenvalue weighted by Crippen LogP contribution is 2.22. The van der Waals surface area contributed by atoms with Crippen LogP contribution in [0.2, 0.25) is 0 Å². The molecule has 2 heteroatoms. The molecule has 0 aliphatic carbocycles. The standard InChI is InChI=1S/C10H13Br.C4H6O.C2H6/c1-7(2)10-5-4-9(11)6-8(10)3;1-3-4(2)5;1-2/h4-7H,1-3H3;3H,1H2,2H3;1-2H3. The number of aryl methyl sites for hydroxylation is 1. The molecule has 0 aliphatic heterocycles. The molecule has 1 nitrogen and oxygen atoms in total. The van der Waals surface area contributed by atoms with Crippen molar-refractivity contribution in [2.75, 3.05) is 0 Å². The molecule has 18 heavy (non-hydrogen) atoms. The largest absolute Gasteiger partial charge is 0.295 e. The Morgan fingerprint density at radius 1 is 1.33 bits per heavy atom. The molecule has 0 saturated heterocycles. The van der Waals surface area contributed by atoms with Crippen LogP contribution in [-0.2, 0) is 4.79 Å². The first-order chi connectivity index (χ1) is 8.38. The highest BCUT2D eigenvalue weighted by Gasteiger charge is 2.01. The van der Waals surface area contributed by atoms with Crippen molar-refractivity contribution in [3.05, 3.63) is 46.5 Å². The van der Waals surface area contributed by atoms with Gasteiger partial charge in [-0.05, 0) is 49.1 Å². The van der Waals surface area contributed by atoms with E-state index in [0.29, 0.717) is 5.92 Å². The minimum absolute atomic E-state index is 0.0185. The van der Waals surface area contributed by atoms with Gasteiger partial charge in [0.2, 0.25) is 0 Å². The second-order valence-corrected chi connectivity index (χ2v) is 4.89. The van der Waals surface area contributed by atoms with Crippen LogP contribution in [0.4, 0.5) is 0 Å². The van der Waals surface area contributed by atoms with E-state index in [-0.39, 0.29) is 5.78 Å². The number of hydrogen-bond acceptors (Lipinski definition) is 1. The summed E-state index contributed by atoms with van der Waals surface area (Å²) in [4.78, 5) is 9.69. The maximum Gasteiger partial charge on any atom is 0.152 e. The van der Waals surface area contributed by atoms with Gasteiger partial charge >= 0.3 is 0 Å². The smallest absolute Gasteiger partial charge is 0.152 e. The molecule has 1 aromatic rings. The van der Waals surface area contributed by atoms with Gasteiger partial charge in [0.05, 0.1) is 0 Å². The summed E-state index contributed by atoms with van der Waals surface area (Å²) < 4.78 is 1.17.